The number of aliphatic hydroxyl groups excluding tert-OH is 1. The Morgan fingerprint density at radius 2 is 2.00 bits per heavy atom. The van der Waals surface area contributed by atoms with E-state index in [2.05, 4.69) is 22.6 Å². The van der Waals surface area contributed by atoms with Gasteiger partial charge in [-0.05, 0) is 25.3 Å². The summed E-state index contributed by atoms with van der Waals surface area (Å²) in [6, 6.07) is 10.2. The molecule has 0 saturated carbocycles. The SMILES string of the molecule is CCOC(N)=O.OCCCc1ccccc1. The van der Waals surface area contributed by atoms with Gasteiger partial charge in [0.15, 0.2) is 0 Å². The largest absolute Gasteiger partial charge is 0.450 e. The summed E-state index contributed by atoms with van der Waals surface area (Å²) in [5.41, 5.74) is 5.84. The number of hydrogen-bond donors (Lipinski definition) is 2. The second kappa shape index (κ2) is 9.98. The second-order valence-electron chi connectivity index (χ2n) is 3.06. The first-order valence-electron chi connectivity index (χ1n) is 5.27. The van der Waals surface area contributed by atoms with Crippen LogP contribution in [-0.4, -0.2) is 24.4 Å². The molecule has 0 aliphatic carbocycles. The lowest BCUT2D eigenvalue weighted by Crippen LogP contribution is -2.11. The molecule has 1 aromatic carbocycles. The Balaban J connectivity index is 0.000000325. The molecule has 0 unspecified atom stereocenters. The Kier molecular flexibility index (Phi) is 9.02. The topological polar surface area (TPSA) is 72.5 Å². The van der Waals surface area contributed by atoms with Crippen molar-refractivity contribution in [2.24, 2.45) is 5.73 Å². The Morgan fingerprint density at radius 1 is 1.38 bits per heavy atom. The average molecular weight is 225 g/mol. The highest BCUT2D eigenvalue weighted by Crippen LogP contribution is 2.00. The van der Waals surface area contributed by atoms with Crippen molar-refractivity contribution in [3.05, 3.63) is 35.9 Å². The molecular formula is C12H19NO3. The molecule has 0 aliphatic rings. The lowest BCUT2D eigenvalue weighted by atomic mass is 10.1. The van der Waals surface area contributed by atoms with Gasteiger partial charge in [-0.25, -0.2) is 4.79 Å². The molecule has 3 N–H and O–H groups in total. The van der Waals surface area contributed by atoms with Crippen LogP contribution in [0.25, 0.3) is 0 Å². The molecule has 4 heteroatoms. The van der Waals surface area contributed by atoms with Crippen LogP contribution in [0.2, 0.25) is 0 Å². The molecule has 0 aliphatic heterocycles. The fourth-order valence-electron chi connectivity index (χ4n) is 1.07. The Bertz CT molecular complexity index is 275. The van der Waals surface area contributed by atoms with E-state index in [9.17, 15) is 4.79 Å². The number of aryl methyl sites for hydroxylation is 1. The third-order valence-electron chi connectivity index (χ3n) is 1.75. The van der Waals surface area contributed by atoms with Gasteiger partial charge >= 0.3 is 6.09 Å². The maximum atomic E-state index is 9.60. The first kappa shape index (κ1) is 14.5. The van der Waals surface area contributed by atoms with Gasteiger partial charge in [0.05, 0.1) is 6.61 Å². The minimum absolute atomic E-state index is 0.287. The Morgan fingerprint density at radius 3 is 2.38 bits per heavy atom. The Labute approximate surface area is 96.0 Å². The molecule has 1 aromatic rings. The van der Waals surface area contributed by atoms with Crippen LogP contribution in [0.4, 0.5) is 4.79 Å². The standard InChI is InChI=1S/C9H12O.C3H7NO2/c10-8-4-7-9-5-2-1-3-6-9;1-2-6-3(4)5/h1-3,5-6,10H,4,7-8H2;2H2,1H3,(H2,4,5). The normalized spacial score (nSPS) is 8.88. The molecule has 0 radical (unpaired) electrons. The van der Waals surface area contributed by atoms with Gasteiger partial charge in [-0.15, -0.1) is 0 Å². The number of amides is 1. The molecule has 1 rings (SSSR count). The molecule has 4 nitrogen and oxygen atoms in total. The number of benzene rings is 1. The zero-order valence-corrected chi connectivity index (χ0v) is 9.56. The molecule has 0 fully saturated rings. The van der Waals surface area contributed by atoms with Crippen molar-refractivity contribution >= 4 is 6.09 Å². The first-order chi connectivity index (χ1) is 7.70. The van der Waals surface area contributed by atoms with Crippen LogP contribution in [0.1, 0.15) is 18.9 Å². The minimum atomic E-state index is -0.711. The van der Waals surface area contributed by atoms with E-state index in [-0.39, 0.29) is 6.61 Å². The summed E-state index contributed by atoms with van der Waals surface area (Å²) in [6.45, 7) is 2.34. The Hall–Kier alpha value is -1.55. The lowest BCUT2D eigenvalue weighted by molar-refractivity contribution is 0.163. The van der Waals surface area contributed by atoms with E-state index in [1.165, 1.54) is 5.56 Å². The first-order valence-corrected chi connectivity index (χ1v) is 5.27. The van der Waals surface area contributed by atoms with E-state index in [0.29, 0.717) is 6.61 Å². The molecular weight excluding hydrogens is 206 g/mol. The van der Waals surface area contributed by atoms with Gasteiger partial charge in [0.1, 0.15) is 0 Å². The predicted molar refractivity (Wildman–Crippen MR) is 63.1 cm³/mol. The monoisotopic (exact) mass is 225 g/mol. The number of hydrogen-bond acceptors (Lipinski definition) is 3. The van der Waals surface area contributed by atoms with Gasteiger partial charge in [-0.2, -0.15) is 0 Å². The fraction of sp³-hybridized carbons (Fsp3) is 0.417. The zero-order valence-electron chi connectivity index (χ0n) is 9.56. The highest BCUT2D eigenvalue weighted by atomic mass is 16.5. The molecule has 90 valence electrons. The quantitative estimate of drug-likeness (QED) is 0.819. The number of ether oxygens (including phenoxy) is 1. The molecule has 0 atom stereocenters. The number of rotatable bonds is 4. The third kappa shape index (κ3) is 9.02. The van der Waals surface area contributed by atoms with E-state index in [4.69, 9.17) is 5.11 Å². The van der Waals surface area contributed by atoms with E-state index < -0.39 is 6.09 Å². The summed E-state index contributed by atoms with van der Waals surface area (Å²) in [5.74, 6) is 0. The summed E-state index contributed by atoms with van der Waals surface area (Å²) in [6.07, 6.45) is 1.14. The van der Waals surface area contributed by atoms with Crippen molar-refractivity contribution in [1.82, 2.24) is 0 Å². The van der Waals surface area contributed by atoms with E-state index >= 15 is 0 Å². The van der Waals surface area contributed by atoms with E-state index in [1.807, 2.05) is 18.2 Å². The summed E-state index contributed by atoms with van der Waals surface area (Å²) >= 11 is 0. The highest BCUT2D eigenvalue weighted by molar-refractivity contribution is 5.64. The molecule has 16 heavy (non-hydrogen) atoms. The number of nitrogens with two attached hydrogens (primary N) is 1. The van der Waals surface area contributed by atoms with Gasteiger partial charge in [-0.3, -0.25) is 0 Å². The number of aliphatic hydroxyl groups is 1. The van der Waals surface area contributed by atoms with Crippen LogP contribution in [0.15, 0.2) is 30.3 Å². The van der Waals surface area contributed by atoms with Crippen LogP contribution in [0.3, 0.4) is 0 Å². The smallest absolute Gasteiger partial charge is 0.404 e. The van der Waals surface area contributed by atoms with E-state index in [1.54, 1.807) is 6.92 Å². The predicted octanol–water partition coefficient (Wildman–Crippen LogP) is 1.71. The van der Waals surface area contributed by atoms with Crippen molar-refractivity contribution in [3.63, 3.8) is 0 Å². The van der Waals surface area contributed by atoms with Crippen LogP contribution in [0.5, 0.6) is 0 Å². The van der Waals surface area contributed by atoms with Crippen LogP contribution in [0, 0.1) is 0 Å². The number of primary amides is 1. The van der Waals surface area contributed by atoms with Crippen LogP contribution >= 0.6 is 0 Å². The summed E-state index contributed by atoms with van der Waals surface area (Å²) in [7, 11) is 0. The lowest BCUT2D eigenvalue weighted by Gasteiger charge is -1.96. The average Bonchev–Trinajstić information content (AvgIpc) is 2.28. The summed E-state index contributed by atoms with van der Waals surface area (Å²) in [4.78, 5) is 9.60. The van der Waals surface area contributed by atoms with Crippen molar-refractivity contribution in [2.75, 3.05) is 13.2 Å². The molecule has 0 bridgehead atoms. The van der Waals surface area contributed by atoms with Crippen molar-refractivity contribution in [3.8, 4) is 0 Å². The van der Waals surface area contributed by atoms with Crippen molar-refractivity contribution in [2.45, 2.75) is 19.8 Å². The van der Waals surface area contributed by atoms with Gasteiger partial charge in [0.25, 0.3) is 0 Å². The molecule has 0 spiro atoms. The van der Waals surface area contributed by atoms with Gasteiger partial charge in [0, 0.05) is 6.61 Å². The molecule has 0 saturated heterocycles. The molecule has 1 amide bonds. The van der Waals surface area contributed by atoms with Crippen molar-refractivity contribution in [1.29, 1.82) is 0 Å². The van der Waals surface area contributed by atoms with Crippen molar-refractivity contribution < 1.29 is 14.6 Å². The highest BCUT2D eigenvalue weighted by Gasteiger charge is 1.88. The van der Waals surface area contributed by atoms with Gasteiger partial charge in [-0.1, -0.05) is 30.3 Å². The maximum absolute atomic E-state index is 9.60. The van der Waals surface area contributed by atoms with Crippen LogP contribution < -0.4 is 5.73 Å². The van der Waals surface area contributed by atoms with Gasteiger partial charge in [0.2, 0.25) is 0 Å². The van der Waals surface area contributed by atoms with Gasteiger partial charge < -0.3 is 15.6 Å². The number of carbonyl (C=O) groups is 1. The third-order valence-corrected chi connectivity index (χ3v) is 1.75. The molecule has 0 heterocycles. The van der Waals surface area contributed by atoms with Crippen LogP contribution in [-0.2, 0) is 11.2 Å². The van der Waals surface area contributed by atoms with E-state index in [0.717, 1.165) is 12.8 Å². The fourth-order valence-corrected chi connectivity index (χ4v) is 1.07. The summed E-state index contributed by atoms with van der Waals surface area (Å²) in [5, 5.41) is 8.53. The second-order valence-corrected chi connectivity index (χ2v) is 3.06. The zero-order chi connectivity index (χ0) is 12.2. The summed E-state index contributed by atoms with van der Waals surface area (Å²) < 4.78 is 4.18. The number of carbonyl (C=O) groups excluding carboxylic acids is 1. The minimum Gasteiger partial charge on any atom is -0.450 e. The molecule has 0 aromatic heterocycles. The maximum Gasteiger partial charge on any atom is 0.404 e.